The molecule has 0 fully saturated rings. The highest BCUT2D eigenvalue weighted by molar-refractivity contribution is 6.29. The van der Waals surface area contributed by atoms with Gasteiger partial charge in [-0.2, -0.15) is 0 Å². The third-order valence-electron chi connectivity index (χ3n) is 12.1. The predicted molar refractivity (Wildman–Crippen MR) is 247 cm³/mol. The summed E-state index contributed by atoms with van der Waals surface area (Å²) in [6, 6.07) is 39.6. The van der Waals surface area contributed by atoms with E-state index < -0.39 is 0 Å². The van der Waals surface area contributed by atoms with Crippen LogP contribution in [0, 0.1) is 41.5 Å². The van der Waals surface area contributed by atoms with Crippen molar-refractivity contribution in [3.8, 4) is 66.8 Å². The molecule has 0 aliphatic heterocycles. The smallest absolute Gasteiger partial charge is 0.0451 e. The molecule has 0 atom stereocenters. The zero-order valence-corrected chi connectivity index (χ0v) is 34.5. The van der Waals surface area contributed by atoms with Gasteiger partial charge in [0, 0.05) is 105 Å². The molecule has 288 valence electrons. The fourth-order valence-corrected chi connectivity index (χ4v) is 9.09. The molecule has 0 bridgehead atoms. The largest absolute Gasteiger partial charge is 0.261 e. The van der Waals surface area contributed by atoms with Crippen LogP contribution in [0.3, 0.4) is 0 Å². The van der Waals surface area contributed by atoms with Gasteiger partial charge in [-0.15, -0.1) is 0 Å². The zero-order valence-electron chi connectivity index (χ0n) is 34.5. The molecule has 4 aromatic carbocycles. The fourth-order valence-electron chi connectivity index (χ4n) is 9.09. The molecule has 0 unspecified atom stereocenters. The van der Waals surface area contributed by atoms with E-state index in [1.165, 1.54) is 0 Å². The monoisotopic (exact) mass is 774 g/mol. The van der Waals surface area contributed by atoms with Crippen molar-refractivity contribution in [3.05, 3.63) is 181 Å². The highest BCUT2D eigenvalue weighted by atomic mass is 14.7. The van der Waals surface area contributed by atoms with Crippen LogP contribution in [-0.2, 0) is 0 Å². The number of nitrogens with zero attached hydrogens (tertiary/aromatic N) is 6. The van der Waals surface area contributed by atoms with Crippen LogP contribution in [0.25, 0.3) is 99.1 Å². The molecular formula is C54H42N6. The molecule has 0 saturated heterocycles. The summed E-state index contributed by atoms with van der Waals surface area (Å²) >= 11 is 0. The number of rotatable bonds is 6. The van der Waals surface area contributed by atoms with Crippen LogP contribution in [0.1, 0.15) is 34.2 Å². The number of aryl methyl sites for hydroxylation is 6. The van der Waals surface area contributed by atoms with Crippen molar-refractivity contribution in [2.75, 3.05) is 0 Å². The van der Waals surface area contributed by atoms with Gasteiger partial charge in [0.05, 0.1) is 0 Å². The fraction of sp³-hybridized carbons (Fsp3) is 0.111. The molecule has 6 heterocycles. The zero-order chi connectivity index (χ0) is 41.1. The molecule has 0 radical (unpaired) electrons. The minimum Gasteiger partial charge on any atom is -0.261 e. The first-order valence-corrected chi connectivity index (χ1v) is 20.3. The summed E-state index contributed by atoms with van der Waals surface area (Å²) in [5.41, 5.74) is 19.0. The second kappa shape index (κ2) is 14.7. The van der Waals surface area contributed by atoms with Crippen LogP contribution in [0.5, 0.6) is 0 Å². The summed E-state index contributed by atoms with van der Waals surface area (Å²) in [6.45, 7) is 12.5. The molecule has 0 aliphatic rings. The van der Waals surface area contributed by atoms with E-state index in [0.717, 1.165) is 133 Å². The second-order valence-electron chi connectivity index (χ2n) is 15.6. The Morgan fingerprint density at radius 1 is 0.217 bits per heavy atom. The van der Waals surface area contributed by atoms with E-state index in [2.05, 4.69) is 114 Å². The van der Waals surface area contributed by atoms with Gasteiger partial charge in [-0.1, -0.05) is 36.4 Å². The number of fused-ring (bicyclic) bond motifs is 6. The van der Waals surface area contributed by atoms with Gasteiger partial charge in [-0.3, -0.25) is 29.9 Å². The Morgan fingerprint density at radius 2 is 0.367 bits per heavy atom. The van der Waals surface area contributed by atoms with Gasteiger partial charge in [-0.05, 0) is 180 Å². The van der Waals surface area contributed by atoms with E-state index in [9.17, 15) is 0 Å². The Bertz CT molecular complexity index is 2740. The van der Waals surface area contributed by atoms with Gasteiger partial charge in [0.15, 0.2) is 0 Å². The summed E-state index contributed by atoms with van der Waals surface area (Å²) in [5.74, 6) is 0. The quantitative estimate of drug-likeness (QED) is 0.157. The molecule has 10 rings (SSSR count). The second-order valence-corrected chi connectivity index (χ2v) is 15.6. The van der Waals surface area contributed by atoms with Crippen molar-refractivity contribution in [2.45, 2.75) is 41.5 Å². The topological polar surface area (TPSA) is 77.3 Å². The Balaban J connectivity index is 1.47. The lowest BCUT2D eigenvalue weighted by atomic mass is 9.82. The van der Waals surface area contributed by atoms with Gasteiger partial charge >= 0.3 is 0 Å². The normalized spacial score (nSPS) is 11.5. The molecule has 0 N–H and O–H groups in total. The van der Waals surface area contributed by atoms with Crippen molar-refractivity contribution < 1.29 is 0 Å². The Morgan fingerprint density at radius 3 is 0.500 bits per heavy atom. The number of aromatic nitrogens is 6. The van der Waals surface area contributed by atoms with E-state index in [0.29, 0.717) is 0 Å². The summed E-state index contributed by atoms with van der Waals surface area (Å²) in [4.78, 5) is 28.7. The van der Waals surface area contributed by atoms with Crippen LogP contribution >= 0.6 is 0 Å². The van der Waals surface area contributed by atoms with E-state index in [4.69, 9.17) is 29.9 Å². The molecule has 6 nitrogen and oxygen atoms in total. The molecular weight excluding hydrogens is 733 g/mol. The highest BCUT2D eigenvalue weighted by Gasteiger charge is 2.23. The summed E-state index contributed by atoms with van der Waals surface area (Å²) < 4.78 is 0. The molecule has 60 heavy (non-hydrogen) atoms. The van der Waals surface area contributed by atoms with Gasteiger partial charge in [0.2, 0.25) is 0 Å². The lowest BCUT2D eigenvalue weighted by Crippen LogP contribution is -1.98. The number of hydrogen-bond donors (Lipinski definition) is 0. The van der Waals surface area contributed by atoms with Crippen molar-refractivity contribution in [1.29, 1.82) is 0 Å². The van der Waals surface area contributed by atoms with Crippen molar-refractivity contribution in [2.24, 2.45) is 0 Å². The van der Waals surface area contributed by atoms with Crippen molar-refractivity contribution >= 4 is 32.3 Å². The summed E-state index contributed by atoms with van der Waals surface area (Å²) in [5, 5.41) is 6.90. The minimum absolute atomic E-state index is 0.969. The van der Waals surface area contributed by atoms with Crippen molar-refractivity contribution in [3.63, 3.8) is 0 Å². The van der Waals surface area contributed by atoms with E-state index in [1.54, 1.807) is 0 Å². The Hall–Kier alpha value is -7.44. The van der Waals surface area contributed by atoms with Crippen LogP contribution in [0.4, 0.5) is 0 Å². The molecule has 0 spiro atoms. The highest BCUT2D eigenvalue weighted by Crippen LogP contribution is 2.49. The first-order valence-electron chi connectivity index (χ1n) is 20.3. The van der Waals surface area contributed by atoms with Crippen molar-refractivity contribution in [1.82, 2.24) is 29.9 Å². The minimum atomic E-state index is 0.969. The third-order valence-corrected chi connectivity index (χ3v) is 12.1. The van der Waals surface area contributed by atoms with Crippen LogP contribution < -0.4 is 0 Å². The first kappa shape index (κ1) is 36.9. The number of benzene rings is 4. The average molecular weight is 775 g/mol. The third kappa shape index (κ3) is 6.11. The van der Waals surface area contributed by atoms with Crippen LogP contribution in [0.15, 0.2) is 146 Å². The average Bonchev–Trinajstić information content (AvgIpc) is 3.26. The van der Waals surface area contributed by atoms with Crippen LogP contribution in [-0.4, -0.2) is 29.9 Å². The maximum atomic E-state index is 4.78. The van der Waals surface area contributed by atoms with E-state index in [1.807, 2.05) is 73.6 Å². The van der Waals surface area contributed by atoms with E-state index in [-0.39, 0.29) is 0 Å². The molecule has 0 aliphatic carbocycles. The molecule has 6 heteroatoms. The Labute approximate surface area is 349 Å². The summed E-state index contributed by atoms with van der Waals surface area (Å²) in [7, 11) is 0. The molecule has 0 amide bonds. The van der Waals surface area contributed by atoms with Crippen LogP contribution in [0.2, 0.25) is 0 Å². The standard InChI is InChI=1S/C54H42N6/c1-31-37(13-7-19-55-31)43-25-49-50(26-44(43)38-14-8-20-56-32(38)2)52-28-46(40-16-10-22-58-34(40)4)48(42-18-12-24-60-36(42)6)30-54(52)53-29-47(41-17-11-23-59-35(41)5)45(27-51(49)53)39-15-9-21-57-33(39)3/h7-30H,1-6H3. The van der Waals surface area contributed by atoms with E-state index >= 15 is 0 Å². The molecule has 10 aromatic rings. The molecule has 6 aromatic heterocycles. The first-order chi connectivity index (χ1) is 29.3. The SMILES string of the molecule is Cc1ncccc1-c1cc2c3cc(-c4cccnc4C)c(-c4cccnc4C)cc3c3cc(-c4cccnc4C)c(-c4cccnc4C)cc3c2cc1-c1cccnc1C. The maximum absolute atomic E-state index is 4.78. The lowest BCUT2D eigenvalue weighted by molar-refractivity contribution is 1.19. The number of hydrogen-bond acceptors (Lipinski definition) is 6. The predicted octanol–water partition coefficient (Wildman–Crippen LogP) is 13.4. The Kier molecular flexibility index (Phi) is 9.06. The van der Waals surface area contributed by atoms with Gasteiger partial charge in [-0.25, -0.2) is 0 Å². The van der Waals surface area contributed by atoms with Gasteiger partial charge in [0.1, 0.15) is 0 Å². The van der Waals surface area contributed by atoms with Gasteiger partial charge in [0.25, 0.3) is 0 Å². The lowest BCUT2D eigenvalue weighted by Gasteiger charge is -2.22. The summed E-state index contributed by atoms with van der Waals surface area (Å²) in [6.07, 6.45) is 11.2. The maximum Gasteiger partial charge on any atom is 0.0451 e. The molecule has 0 saturated carbocycles. The van der Waals surface area contributed by atoms with Gasteiger partial charge < -0.3 is 0 Å². The number of pyridine rings is 6.